The van der Waals surface area contributed by atoms with Crippen molar-refractivity contribution in [3.8, 4) is 11.1 Å². The summed E-state index contributed by atoms with van der Waals surface area (Å²) in [4.78, 5) is 27.0. The molecule has 1 unspecified atom stereocenters. The van der Waals surface area contributed by atoms with E-state index in [0.29, 0.717) is 23.0 Å². The molecule has 1 aliphatic carbocycles. The van der Waals surface area contributed by atoms with Crippen LogP contribution in [0.4, 0.5) is 4.39 Å². The number of nitro groups is 1. The molecule has 3 aromatic rings. The number of hydrogen-bond acceptors (Lipinski definition) is 7. The summed E-state index contributed by atoms with van der Waals surface area (Å²) >= 11 is 1.30. The number of nitrogens with zero attached hydrogens (tertiary/aromatic N) is 3. The highest BCUT2D eigenvalue weighted by Crippen LogP contribution is 2.47. The van der Waals surface area contributed by atoms with Crippen LogP contribution in [0.25, 0.3) is 11.1 Å². The van der Waals surface area contributed by atoms with E-state index in [1.165, 1.54) is 30.0 Å². The van der Waals surface area contributed by atoms with E-state index in [1.807, 2.05) is 48.5 Å². The van der Waals surface area contributed by atoms with Crippen molar-refractivity contribution in [2.75, 3.05) is 12.3 Å². The lowest BCUT2D eigenvalue weighted by atomic mass is 9.85. The van der Waals surface area contributed by atoms with Crippen LogP contribution >= 0.6 is 11.8 Å². The van der Waals surface area contributed by atoms with Crippen molar-refractivity contribution in [1.82, 2.24) is 10.3 Å². The molecule has 0 spiro atoms. The van der Waals surface area contributed by atoms with Gasteiger partial charge < -0.3 is 10.6 Å². The Bertz CT molecular complexity index is 1530. The van der Waals surface area contributed by atoms with Crippen LogP contribution in [0.3, 0.4) is 0 Å². The molecule has 184 valence electrons. The van der Waals surface area contributed by atoms with Gasteiger partial charge in [0, 0.05) is 23.4 Å². The molecule has 1 fully saturated rings. The Hall–Kier alpha value is -4.44. The maximum Gasteiger partial charge on any atom is 0.288 e. The highest BCUT2D eigenvalue weighted by Gasteiger charge is 2.46. The summed E-state index contributed by atoms with van der Waals surface area (Å²) in [6.07, 6.45) is 0. The maximum absolute atomic E-state index is 14.2. The van der Waals surface area contributed by atoms with Gasteiger partial charge in [-0.1, -0.05) is 72.4 Å². The number of fused-ring (bicyclic) bond motifs is 4. The van der Waals surface area contributed by atoms with Gasteiger partial charge in [0.2, 0.25) is 0 Å². The number of hydrazone groups is 1. The Labute approximate surface area is 215 Å². The normalized spacial score (nSPS) is 17.9. The summed E-state index contributed by atoms with van der Waals surface area (Å²) in [7, 11) is 0. The first-order chi connectivity index (χ1) is 18.0. The minimum absolute atomic E-state index is 0.0348. The maximum atomic E-state index is 14.2. The second-order valence-electron chi connectivity index (χ2n) is 8.73. The number of halogens is 1. The van der Waals surface area contributed by atoms with Crippen LogP contribution in [0.1, 0.15) is 22.6 Å². The quantitative estimate of drug-likeness (QED) is 0.313. The van der Waals surface area contributed by atoms with Gasteiger partial charge in [-0.25, -0.2) is 9.82 Å². The topological polar surface area (TPSA) is 114 Å². The molecule has 2 aliphatic heterocycles. The summed E-state index contributed by atoms with van der Waals surface area (Å²) < 4.78 is 14.2. The van der Waals surface area contributed by atoms with Crippen molar-refractivity contribution in [2.45, 2.75) is 5.92 Å². The first-order valence-corrected chi connectivity index (χ1v) is 12.6. The predicted molar refractivity (Wildman–Crippen MR) is 139 cm³/mol. The summed E-state index contributed by atoms with van der Waals surface area (Å²) in [5, 5.41) is 17.1. The SMILES string of the molecule is NC1=C(C(=O)NN=C2c3ccccc3-c3ccccc32)C(c2cccc(F)c2)C([N+](=O)[O-])=C2SCCN12. The number of allylic oxidation sites excluding steroid dienone is 1. The molecule has 3 aliphatic rings. The molecule has 2 heterocycles. The molecular weight excluding hydrogens is 493 g/mol. The molecule has 1 amide bonds. The van der Waals surface area contributed by atoms with Crippen LogP contribution in [0.5, 0.6) is 0 Å². The fraction of sp³-hybridized carbons (Fsp3) is 0.111. The van der Waals surface area contributed by atoms with Crippen LogP contribution < -0.4 is 11.2 Å². The van der Waals surface area contributed by atoms with Gasteiger partial charge in [-0.15, -0.1) is 0 Å². The lowest BCUT2D eigenvalue weighted by Crippen LogP contribution is -2.39. The first-order valence-electron chi connectivity index (χ1n) is 11.6. The Morgan fingerprint density at radius 3 is 2.32 bits per heavy atom. The third-order valence-electron chi connectivity index (χ3n) is 6.69. The molecular formula is C27H20FN5O3S. The van der Waals surface area contributed by atoms with Gasteiger partial charge >= 0.3 is 0 Å². The van der Waals surface area contributed by atoms with E-state index in [-0.39, 0.29) is 22.7 Å². The summed E-state index contributed by atoms with van der Waals surface area (Å²) in [5.74, 6) is -1.73. The van der Waals surface area contributed by atoms with E-state index in [0.717, 1.165) is 22.3 Å². The number of nitrogens with two attached hydrogens (primary N) is 1. The van der Waals surface area contributed by atoms with Crippen LogP contribution in [0.15, 0.2) is 100 Å². The number of carbonyl (C=O) groups is 1. The number of rotatable bonds is 4. The largest absolute Gasteiger partial charge is 0.385 e. The van der Waals surface area contributed by atoms with E-state index >= 15 is 0 Å². The predicted octanol–water partition coefficient (Wildman–Crippen LogP) is 4.14. The van der Waals surface area contributed by atoms with Gasteiger partial charge in [-0.2, -0.15) is 5.10 Å². The third kappa shape index (κ3) is 3.68. The van der Waals surface area contributed by atoms with Crippen molar-refractivity contribution in [3.05, 3.63) is 128 Å². The Kier molecular flexibility index (Phi) is 5.53. The molecule has 10 heteroatoms. The second kappa shape index (κ2) is 8.90. The van der Waals surface area contributed by atoms with Crippen LogP contribution in [0.2, 0.25) is 0 Å². The molecule has 0 radical (unpaired) electrons. The highest BCUT2D eigenvalue weighted by atomic mass is 32.2. The van der Waals surface area contributed by atoms with Gasteiger partial charge in [0.1, 0.15) is 17.6 Å². The lowest BCUT2D eigenvalue weighted by Gasteiger charge is -2.31. The summed E-state index contributed by atoms with van der Waals surface area (Å²) in [6, 6.07) is 20.9. The van der Waals surface area contributed by atoms with Gasteiger partial charge in [0.05, 0.1) is 16.2 Å². The molecule has 3 aromatic carbocycles. The molecule has 1 atom stereocenters. The van der Waals surface area contributed by atoms with E-state index in [4.69, 9.17) is 5.73 Å². The zero-order chi connectivity index (χ0) is 25.7. The number of benzene rings is 3. The van der Waals surface area contributed by atoms with Crippen LogP contribution in [0, 0.1) is 15.9 Å². The van der Waals surface area contributed by atoms with Crippen LogP contribution in [-0.2, 0) is 4.79 Å². The molecule has 37 heavy (non-hydrogen) atoms. The van der Waals surface area contributed by atoms with Gasteiger partial charge in [0.25, 0.3) is 11.6 Å². The molecule has 8 nitrogen and oxygen atoms in total. The average Bonchev–Trinajstić information content (AvgIpc) is 3.50. The van der Waals surface area contributed by atoms with Crippen LogP contribution in [-0.4, -0.2) is 33.7 Å². The molecule has 0 aromatic heterocycles. The van der Waals surface area contributed by atoms with E-state index in [1.54, 1.807) is 11.0 Å². The Morgan fingerprint density at radius 1 is 1.05 bits per heavy atom. The number of carbonyl (C=O) groups excluding carboxylic acids is 1. The van der Waals surface area contributed by atoms with E-state index in [9.17, 15) is 19.3 Å². The van der Waals surface area contributed by atoms with Crippen molar-refractivity contribution in [3.63, 3.8) is 0 Å². The molecule has 6 rings (SSSR count). The standard InChI is InChI=1S/C27H20FN5O3S/c28-16-7-5-6-15(14-16)21-22(25(29)32-12-13-37-27(32)24(21)33(35)36)26(34)31-30-23-19-10-3-1-8-17(19)18-9-2-4-11-20(18)23/h1-11,14,21H,12-13,29H2,(H,31,34). The molecule has 0 bridgehead atoms. The molecule has 3 N–H and O–H groups in total. The zero-order valence-corrected chi connectivity index (χ0v) is 20.2. The third-order valence-corrected chi connectivity index (χ3v) is 7.78. The second-order valence-corrected chi connectivity index (χ2v) is 9.81. The van der Waals surface area contributed by atoms with E-state index < -0.39 is 22.6 Å². The zero-order valence-electron chi connectivity index (χ0n) is 19.3. The Morgan fingerprint density at radius 2 is 1.70 bits per heavy atom. The monoisotopic (exact) mass is 513 g/mol. The van der Waals surface area contributed by atoms with Gasteiger partial charge in [-0.3, -0.25) is 14.9 Å². The summed E-state index contributed by atoms with van der Waals surface area (Å²) in [6.45, 7) is 0.422. The number of amides is 1. The summed E-state index contributed by atoms with van der Waals surface area (Å²) in [5.41, 5.74) is 13.4. The van der Waals surface area contributed by atoms with E-state index in [2.05, 4.69) is 10.5 Å². The minimum Gasteiger partial charge on any atom is -0.385 e. The molecule has 1 saturated heterocycles. The fourth-order valence-electron chi connectivity index (χ4n) is 5.13. The first kappa shape index (κ1) is 23.0. The smallest absolute Gasteiger partial charge is 0.288 e. The van der Waals surface area contributed by atoms with Crippen molar-refractivity contribution >= 4 is 23.4 Å². The average molecular weight is 514 g/mol. The Balaban J connectivity index is 1.45. The molecule has 0 saturated carbocycles. The van der Waals surface area contributed by atoms with Crippen molar-refractivity contribution in [1.29, 1.82) is 0 Å². The van der Waals surface area contributed by atoms with Gasteiger partial charge in [-0.05, 0) is 28.8 Å². The van der Waals surface area contributed by atoms with Gasteiger partial charge in [0.15, 0.2) is 5.03 Å². The minimum atomic E-state index is -1.16. The lowest BCUT2D eigenvalue weighted by molar-refractivity contribution is -0.430. The number of thioether (sulfide) groups is 1. The number of nitrogens with one attached hydrogen (secondary N) is 1. The van der Waals surface area contributed by atoms with Crippen molar-refractivity contribution < 1.29 is 14.1 Å². The fourth-order valence-corrected chi connectivity index (χ4v) is 6.28. The van der Waals surface area contributed by atoms with Crippen molar-refractivity contribution in [2.24, 2.45) is 10.8 Å². The highest BCUT2D eigenvalue weighted by molar-refractivity contribution is 8.03. The number of hydrogen-bond donors (Lipinski definition) is 2.